The summed E-state index contributed by atoms with van der Waals surface area (Å²) in [6.45, 7) is 0. The van der Waals surface area contributed by atoms with Gasteiger partial charge in [0.25, 0.3) is 0 Å². The fourth-order valence-electron chi connectivity index (χ4n) is 1.63. The maximum Gasteiger partial charge on any atom is 0.240 e. The molecule has 0 bridgehead atoms. The lowest BCUT2D eigenvalue weighted by molar-refractivity contribution is -0.121. The Morgan fingerprint density at radius 3 is 2.38 bits per heavy atom. The smallest absolute Gasteiger partial charge is 0.240 e. The number of carbonyl (C=O) groups excluding carboxylic acids is 1. The highest BCUT2D eigenvalue weighted by Crippen LogP contribution is 2.15. The van der Waals surface area contributed by atoms with Crippen LogP contribution in [0.2, 0.25) is 0 Å². The number of benzene rings is 1. The van der Waals surface area contributed by atoms with Crippen molar-refractivity contribution in [2.24, 2.45) is 5.10 Å². The molecule has 4 heteroatoms. The minimum Gasteiger partial charge on any atom is -0.378 e. The van der Waals surface area contributed by atoms with Crippen LogP contribution in [0.1, 0.15) is 18.4 Å². The molecule has 1 aliphatic rings. The SMILES string of the molecule is CN(C)c1ccc(C2=NNC(=O)CC2)cc1. The van der Waals surface area contributed by atoms with Crippen LogP contribution in [0.25, 0.3) is 0 Å². The van der Waals surface area contributed by atoms with Gasteiger partial charge in [0.2, 0.25) is 5.91 Å². The number of nitrogens with zero attached hydrogens (tertiary/aromatic N) is 2. The third-order valence-electron chi connectivity index (χ3n) is 2.62. The van der Waals surface area contributed by atoms with E-state index in [1.54, 1.807) is 0 Å². The van der Waals surface area contributed by atoms with Crippen molar-refractivity contribution in [1.29, 1.82) is 0 Å². The molecule has 0 atom stereocenters. The van der Waals surface area contributed by atoms with E-state index >= 15 is 0 Å². The van der Waals surface area contributed by atoms with Crippen molar-refractivity contribution >= 4 is 17.3 Å². The average Bonchev–Trinajstić information content (AvgIpc) is 2.30. The Bertz CT molecular complexity index is 420. The van der Waals surface area contributed by atoms with Crippen LogP contribution in [0, 0.1) is 0 Å². The first kappa shape index (κ1) is 10.7. The fourth-order valence-corrected chi connectivity index (χ4v) is 1.63. The first-order valence-corrected chi connectivity index (χ1v) is 5.30. The molecule has 16 heavy (non-hydrogen) atoms. The normalized spacial score (nSPS) is 15.4. The maximum absolute atomic E-state index is 11.0. The van der Waals surface area contributed by atoms with E-state index in [-0.39, 0.29) is 5.91 Å². The molecular weight excluding hydrogens is 202 g/mol. The molecule has 84 valence electrons. The zero-order valence-electron chi connectivity index (χ0n) is 9.53. The van der Waals surface area contributed by atoms with Gasteiger partial charge < -0.3 is 4.90 Å². The molecule has 0 aliphatic carbocycles. The predicted octanol–water partition coefficient (Wildman–Crippen LogP) is 1.37. The molecule has 0 spiro atoms. The second-order valence-electron chi connectivity index (χ2n) is 4.03. The van der Waals surface area contributed by atoms with Crippen molar-refractivity contribution in [2.75, 3.05) is 19.0 Å². The highest BCUT2D eigenvalue weighted by molar-refractivity contribution is 6.04. The average molecular weight is 217 g/mol. The lowest BCUT2D eigenvalue weighted by atomic mass is 10.0. The summed E-state index contributed by atoms with van der Waals surface area (Å²) in [6, 6.07) is 8.17. The van der Waals surface area contributed by atoms with E-state index in [2.05, 4.69) is 10.5 Å². The molecule has 4 nitrogen and oxygen atoms in total. The first-order valence-electron chi connectivity index (χ1n) is 5.30. The van der Waals surface area contributed by atoms with E-state index in [1.165, 1.54) is 0 Å². The highest BCUT2D eigenvalue weighted by Gasteiger charge is 2.12. The number of hydrogen-bond acceptors (Lipinski definition) is 3. The van der Waals surface area contributed by atoms with Gasteiger partial charge in [-0.05, 0) is 17.7 Å². The fraction of sp³-hybridized carbons (Fsp3) is 0.333. The monoisotopic (exact) mass is 217 g/mol. The van der Waals surface area contributed by atoms with E-state index in [9.17, 15) is 4.79 Å². The second kappa shape index (κ2) is 4.35. The van der Waals surface area contributed by atoms with E-state index in [1.807, 2.05) is 43.3 Å². The number of nitrogens with one attached hydrogen (secondary N) is 1. The summed E-state index contributed by atoms with van der Waals surface area (Å²) in [5, 5.41) is 4.06. The third-order valence-corrected chi connectivity index (χ3v) is 2.62. The minimum absolute atomic E-state index is 0.00587. The molecule has 1 aliphatic heterocycles. The molecule has 0 fully saturated rings. The molecule has 1 heterocycles. The zero-order chi connectivity index (χ0) is 11.5. The Balaban J connectivity index is 2.19. The number of hydrazone groups is 1. The Morgan fingerprint density at radius 2 is 1.88 bits per heavy atom. The van der Waals surface area contributed by atoms with Crippen molar-refractivity contribution in [3.63, 3.8) is 0 Å². The van der Waals surface area contributed by atoms with E-state index < -0.39 is 0 Å². The van der Waals surface area contributed by atoms with Crippen LogP contribution < -0.4 is 10.3 Å². The van der Waals surface area contributed by atoms with Gasteiger partial charge in [0, 0.05) is 32.6 Å². The number of hydrogen-bond donors (Lipinski definition) is 1. The van der Waals surface area contributed by atoms with E-state index in [0.717, 1.165) is 17.0 Å². The van der Waals surface area contributed by atoms with Gasteiger partial charge >= 0.3 is 0 Å². The van der Waals surface area contributed by atoms with Crippen molar-refractivity contribution in [2.45, 2.75) is 12.8 Å². The zero-order valence-corrected chi connectivity index (χ0v) is 9.53. The van der Waals surface area contributed by atoms with Crippen LogP contribution in [-0.2, 0) is 4.79 Å². The van der Waals surface area contributed by atoms with Gasteiger partial charge in [-0.15, -0.1) is 0 Å². The van der Waals surface area contributed by atoms with Crippen LogP contribution in [0.15, 0.2) is 29.4 Å². The lowest BCUT2D eigenvalue weighted by Gasteiger charge is -2.15. The van der Waals surface area contributed by atoms with Gasteiger partial charge in [-0.2, -0.15) is 5.10 Å². The number of amides is 1. The molecule has 1 amide bonds. The summed E-state index contributed by atoms with van der Waals surface area (Å²) < 4.78 is 0. The summed E-state index contributed by atoms with van der Waals surface area (Å²) in [5.41, 5.74) is 5.69. The summed E-state index contributed by atoms with van der Waals surface area (Å²) in [4.78, 5) is 13.0. The van der Waals surface area contributed by atoms with Crippen molar-refractivity contribution in [1.82, 2.24) is 5.43 Å². The van der Waals surface area contributed by atoms with Gasteiger partial charge in [0.1, 0.15) is 0 Å². The van der Waals surface area contributed by atoms with Crippen molar-refractivity contribution in [3.8, 4) is 0 Å². The molecule has 0 saturated heterocycles. The number of carbonyl (C=O) groups is 1. The van der Waals surface area contributed by atoms with Crippen LogP contribution in [-0.4, -0.2) is 25.7 Å². The van der Waals surface area contributed by atoms with Gasteiger partial charge in [-0.3, -0.25) is 4.79 Å². The summed E-state index contributed by atoms with van der Waals surface area (Å²) in [7, 11) is 4.01. The Labute approximate surface area is 95.0 Å². The van der Waals surface area contributed by atoms with Crippen LogP contribution in [0.5, 0.6) is 0 Å². The maximum atomic E-state index is 11.0. The van der Waals surface area contributed by atoms with E-state index in [0.29, 0.717) is 12.8 Å². The van der Waals surface area contributed by atoms with Crippen molar-refractivity contribution in [3.05, 3.63) is 29.8 Å². The van der Waals surface area contributed by atoms with Crippen LogP contribution in [0.3, 0.4) is 0 Å². The predicted molar refractivity (Wildman–Crippen MR) is 64.7 cm³/mol. The summed E-state index contributed by atoms with van der Waals surface area (Å²) in [5.74, 6) is -0.00587. The summed E-state index contributed by atoms with van der Waals surface area (Å²) >= 11 is 0. The van der Waals surface area contributed by atoms with Gasteiger partial charge in [-0.1, -0.05) is 12.1 Å². The Hall–Kier alpha value is -1.84. The quantitative estimate of drug-likeness (QED) is 0.813. The molecule has 1 aromatic carbocycles. The van der Waals surface area contributed by atoms with E-state index in [4.69, 9.17) is 0 Å². The third kappa shape index (κ3) is 2.21. The molecule has 0 aromatic heterocycles. The Kier molecular flexibility index (Phi) is 2.90. The second-order valence-corrected chi connectivity index (χ2v) is 4.03. The van der Waals surface area contributed by atoms with Crippen LogP contribution >= 0.6 is 0 Å². The molecule has 0 saturated carbocycles. The molecular formula is C12H15N3O. The minimum atomic E-state index is -0.00587. The van der Waals surface area contributed by atoms with Gasteiger partial charge in [0.15, 0.2) is 0 Å². The van der Waals surface area contributed by atoms with Crippen LogP contribution in [0.4, 0.5) is 5.69 Å². The number of anilines is 1. The molecule has 2 rings (SSSR count). The van der Waals surface area contributed by atoms with Crippen molar-refractivity contribution < 1.29 is 4.79 Å². The highest BCUT2D eigenvalue weighted by atomic mass is 16.2. The first-order chi connectivity index (χ1) is 7.66. The summed E-state index contributed by atoms with van der Waals surface area (Å²) in [6.07, 6.45) is 1.24. The molecule has 0 unspecified atom stereocenters. The van der Waals surface area contributed by atoms with Gasteiger partial charge in [-0.25, -0.2) is 5.43 Å². The molecule has 0 radical (unpaired) electrons. The van der Waals surface area contributed by atoms with Gasteiger partial charge in [0.05, 0.1) is 5.71 Å². The topological polar surface area (TPSA) is 44.7 Å². The molecule has 1 N–H and O–H groups in total. The standard InChI is InChI=1S/C12H15N3O/c1-15(2)10-5-3-9(4-6-10)11-7-8-12(16)14-13-11/h3-6H,7-8H2,1-2H3,(H,14,16). The molecule has 1 aromatic rings. The lowest BCUT2D eigenvalue weighted by Crippen LogP contribution is -2.25. The number of rotatable bonds is 2. The Morgan fingerprint density at radius 1 is 1.19 bits per heavy atom. The largest absolute Gasteiger partial charge is 0.378 e.